The molecular weight excluding hydrogens is 989 g/mol. The maximum absolute atomic E-state index is 13.3. The van der Waals surface area contributed by atoms with Crippen molar-refractivity contribution in [3.8, 4) is 0 Å². The molecule has 74 heavy (non-hydrogen) atoms. The van der Waals surface area contributed by atoms with Crippen molar-refractivity contribution in [2.24, 2.45) is 92.7 Å². The first-order valence-electron chi connectivity index (χ1n) is 31.0. The van der Waals surface area contributed by atoms with Gasteiger partial charge < -0.3 is 9.47 Å². The van der Waals surface area contributed by atoms with Crippen molar-refractivity contribution in [2.75, 3.05) is 11.5 Å². The molecule has 0 spiro atoms. The summed E-state index contributed by atoms with van der Waals surface area (Å²) in [4.78, 5) is 39.1. The van der Waals surface area contributed by atoms with Gasteiger partial charge in [-0.05, 0) is 207 Å². The number of allylic oxidation sites excluding steroid dienone is 2. The van der Waals surface area contributed by atoms with Gasteiger partial charge in [0.15, 0.2) is 0 Å². The number of hydrogen-bond acceptors (Lipinski definition) is 9. The Morgan fingerprint density at radius 3 is 1.38 bits per heavy atom. The minimum atomic E-state index is -0.0701. The standard InChI is InChI=1S/C65H102O5S4/c1-41(2)15-11-17-43(5)51-25-27-53-49-23-21-45-39-47(29-33-62(45,7)55(49)31-35-64(51,53)9)69-57(66)19-13-37-71-59-60(74-61(68)73-59)72-38-14-20-58(67)70-48-30-34-63(8)46(40-48)22-24-50-54-28-26-52(44(6)18-12-16-42(3)4)65(54,10)36-32-56(50)63/h21-22,41-44,47-56H,11-20,23-40H2,1-10H3/t43-,44-,47?,48?,49+,50+,51-,52-,53+,54+,55+,56+,62+,63+,64-,65-/m1/s1. The molecule has 6 saturated carbocycles. The zero-order valence-electron chi connectivity index (χ0n) is 48.2. The Labute approximate surface area is 467 Å². The van der Waals surface area contributed by atoms with Gasteiger partial charge in [0, 0.05) is 25.7 Å². The Hall–Kier alpha value is -1.03. The Morgan fingerprint density at radius 2 is 0.973 bits per heavy atom. The van der Waals surface area contributed by atoms with Crippen molar-refractivity contribution >= 4 is 58.1 Å². The minimum absolute atomic E-state index is 0.00229. The molecule has 16 atom stereocenters. The van der Waals surface area contributed by atoms with E-state index in [4.69, 9.17) is 9.47 Å². The molecule has 9 heteroatoms. The van der Waals surface area contributed by atoms with Crippen LogP contribution in [0.3, 0.4) is 0 Å². The summed E-state index contributed by atoms with van der Waals surface area (Å²) in [5, 5.41) is 0. The number of carbonyl (C=O) groups is 2. The highest BCUT2D eigenvalue weighted by Crippen LogP contribution is 2.69. The van der Waals surface area contributed by atoms with E-state index >= 15 is 0 Å². The van der Waals surface area contributed by atoms with Crippen LogP contribution in [-0.4, -0.2) is 35.7 Å². The van der Waals surface area contributed by atoms with Crippen molar-refractivity contribution < 1.29 is 19.1 Å². The highest BCUT2D eigenvalue weighted by molar-refractivity contribution is 8.04. The number of ether oxygens (including phenoxy) is 2. The molecule has 0 bridgehead atoms. The zero-order chi connectivity index (χ0) is 52.6. The van der Waals surface area contributed by atoms with Gasteiger partial charge in [-0.25, -0.2) is 0 Å². The average molecular weight is 1090 g/mol. The van der Waals surface area contributed by atoms with Crippen molar-refractivity contribution in [2.45, 2.75) is 257 Å². The van der Waals surface area contributed by atoms with Crippen LogP contribution in [-0.2, 0) is 19.1 Å². The molecule has 0 aromatic carbocycles. The van der Waals surface area contributed by atoms with Crippen LogP contribution < -0.4 is 4.06 Å². The Morgan fingerprint density at radius 1 is 0.554 bits per heavy atom. The maximum Gasteiger partial charge on any atom is 0.306 e. The average Bonchev–Trinajstić information content (AvgIpc) is 4.02. The number of fused-ring (bicyclic) bond motifs is 10. The number of esters is 2. The lowest BCUT2D eigenvalue weighted by Crippen LogP contribution is -2.51. The monoisotopic (exact) mass is 1090 g/mol. The highest BCUT2D eigenvalue weighted by Gasteiger charge is 2.61. The van der Waals surface area contributed by atoms with E-state index in [1.54, 1.807) is 34.7 Å². The molecule has 1 heterocycles. The van der Waals surface area contributed by atoms with E-state index in [1.165, 1.54) is 125 Å². The number of hydrogen-bond donors (Lipinski definition) is 0. The van der Waals surface area contributed by atoms with Crippen LogP contribution in [0.1, 0.15) is 236 Å². The van der Waals surface area contributed by atoms with Gasteiger partial charge in [-0.1, -0.05) is 154 Å². The van der Waals surface area contributed by atoms with Crippen LogP contribution in [0.4, 0.5) is 0 Å². The third-order valence-corrected chi connectivity index (χ3v) is 28.4. The van der Waals surface area contributed by atoms with Gasteiger partial charge >= 0.3 is 11.9 Å². The molecular formula is C65H102O5S4. The van der Waals surface area contributed by atoms with E-state index < -0.39 is 0 Å². The summed E-state index contributed by atoms with van der Waals surface area (Å²) in [6.45, 7) is 25.2. The normalized spacial score (nSPS) is 38.2. The van der Waals surface area contributed by atoms with Gasteiger partial charge in [-0.2, -0.15) is 0 Å². The molecule has 0 radical (unpaired) electrons. The van der Waals surface area contributed by atoms with Gasteiger partial charge in [-0.3, -0.25) is 14.4 Å². The lowest BCUT2D eigenvalue weighted by molar-refractivity contribution is -0.152. The van der Waals surface area contributed by atoms with Gasteiger partial charge in [-0.15, -0.1) is 23.5 Å². The number of rotatable bonds is 22. The Bertz CT molecular complexity index is 2060. The molecule has 1 aromatic rings. The molecule has 0 aliphatic heterocycles. The van der Waals surface area contributed by atoms with Gasteiger partial charge in [0.2, 0.25) is 0 Å². The SMILES string of the molecule is CC(C)CCC[C@@H](C)[C@H]1CC[C@H]2[C@@H]3CC=C4CC(OC(=O)CCCSc5sc(=O)sc5SCCCC(=O)OC5CC[C@@]6(C)C(=CC[C@H]7[C@@H]8CC[C@H]([C@H](C)CCCC(C)C)[C@@]8(C)CC[C@@H]76)C5)CC[C@]4(C)[C@H]3CC[C@]12C. The van der Waals surface area contributed by atoms with Crippen molar-refractivity contribution in [3.05, 3.63) is 32.1 Å². The molecule has 0 N–H and O–H groups in total. The van der Waals surface area contributed by atoms with Gasteiger partial charge in [0.25, 0.3) is 4.06 Å². The van der Waals surface area contributed by atoms with E-state index in [9.17, 15) is 14.4 Å². The molecule has 5 nitrogen and oxygen atoms in total. The summed E-state index contributed by atoms with van der Waals surface area (Å²) in [7, 11) is 0. The summed E-state index contributed by atoms with van der Waals surface area (Å²) in [5.74, 6) is 11.4. The zero-order valence-corrected chi connectivity index (χ0v) is 51.5. The molecule has 8 aliphatic carbocycles. The van der Waals surface area contributed by atoms with E-state index in [0.29, 0.717) is 23.7 Å². The van der Waals surface area contributed by atoms with Crippen molar-refractivity contribution in [1.82, 2.24) is 0 Å². The van der Waals surface area contributed by atoms with Crippen molar-refractivity contribution in [1.29, 1.82) is 0 Å². The summed E-state index contributed by atoms with van der Waals surface area (Å²) in [6.07, 6.45) is 35.6. The predicted octanol–water partition coefficient (Wildman–Crippen LogP) is 18.8. The highest BCUT2D eigenvalue weighted by atomic mass is 32.2. The molecule has 9 rings (SSSR count). The van der Waals surface area contributed by atoms with Crippen LogP contribution in [0, 0.1) is 92.7 Å². The fourth-order valence-electron chi connectivity index (χ4n) is 19.2. The second-order valence-corrected chi connectivity index (χ2v) is 33.2. The Kier molecular flexibility index (Phi) is 19.0. The first-order valence-corrected chi connectivity index (χ1v) is 34.6. The lowest BCUT2D eigenvalue weighted by atomic mass is 9.47. The maximum atomic E-state index is 13.3. The second-order valence-electron chi connectivity index (χ2n) is 28.2. The van der Waals surface area contributed by atoms with Crippen LogP contribution in [0.25, 0.3) is 0 Å². The summed E-state index contributed by atoms with van der Waals surface area (Å²) >= 11 is 6.05. The smallest absolute Gasteiger partial charge is 0.306 e. The molecule has 6 fully saturated rings. The third-order valence-electron chi connectivity index (χ3n) is 23.2. The van der Waals surface area contributed by atoms with Crippen LogP contribution in [0.5, 0.6) is 0 Å². The second kappa shape index (κ2) is 24.4. The quantitative estimate of drug-likeness (QED) is 0.0496. The predicted molar refractivity (Wildman–Crippen MR) is 314 cm³/mol. The molecule has 2 unspecified atom stereocenters. The topological polar surface area (TPSA) is 69.7 Å². The Balaban J connectivity index is 0.666. The summed E-state index contributed by atoms with van der Waals surface area (Å²) < 4.78 is 14.6. The van der Waals surface area contributed by atoms with Crippen LogP contribution in [0.15, 0.2) is 36.5 Å². The van der Waals surface area contributed by atoms with Crippen LogP contribution in [0.2, 0.25) is 0 Å². The largest absolute Gasteiger partial charge is 0.462 e. The molecule has 416 valence electrons. The van der Waals surface area contributed by atoms with Gasteiger partial charge in [0.05, 0.1) is 8.42 Å². The van der Waals surface area contributed by atoms with Crippen LogP contribution >= 0.6 is 46.2 Å². The third kappa shape index (κ3) is 12.2. The summed E-state index contributed by atoms with van der Waals surface area (Å²) in [5.41, 5.74) is 4.69. The number of thioether (sulfide) groups is 2. The van der Waals surface area contributed by atoms with E-state index in [2.05, 4.69) is 81.4 Å². The lowest BCUT2D eigenvalue weighted by Gasteiger charge is -2.58. The molecule has 8 aliphatic rings. The first kappa shape index (κ1) is 57.6. The van der Waals surface area contributed by atoms with E-state index in [1.807, 2.05) is 0 Å². The summed E-state index contributed by atoms with van der Waals surface area (Å²) in [6, 6.07) is 0. The molecule has 1 aromatic heterocycles. The van der Waals surface area contributed by atoms with Gasteiger partial charge in [0.1, 0.15) is 12.2 Å². The fraction of sp³-hybridized carbons (Fsp3) is 0.862. The number of carbonyl (C=O) groups excluding carboxylic acids is 2. The molecule has 0 amide bonds. The minimum Gasteiger partial charge on any atom is -0.462 e. The van der Waals surface area contributed by atoms with E-state index in [-0.39, 0.29) is 39.0 Å². The van der Waals surface area contributed by atoms with Crippen molar-refractivity contribution in [3.63, 3.8) is 0 Å². The van der Waals surface area contributed by atoms with E-state index in [0.717, 1.165) is 142 Å². The molecule has 0 saturated heterocycles. The fourth-order valence-corrected chi connectivity index (χ4v) is 24.5. The first-order chi connectivity index (χ1) is 35.3.